The molecule has 0 N–H and O–H groups in total. The van der Waals surface area contributed by atoms with Crippen LogP contribution >= 0.6 is 0 Å². The first-order valence-electron chi connectivity index (χ1n) is 12.9. The molecule has 1 saturated heterocycles. The van der Waals surface area contributed by atoms with Crippen molar-refractivity contribution in [2.45, 2.75) is 70.7 Å². The first-order chi connectivity index (χ1) is 14.4. The smallest absolute Gasteiger partial charge is 0.306 e. The quantitative estimate of drug-likeness (QED) is 0.597. The first kappa shape index (κ1) is 12.4. The lowest BCUT2D eigenvalue weighted by Gasteiger charge is -2.60. The molecule has 0 aromatic heterocycles. The van der Waals surface area contributed by atoms with Gasteiger partial charge in [-0.3, -0.25) is 9.59 Å². The highest BCUT2D eigenvalue weighted by atomic mass is 16.6. The third kappa shape index (κ3) is 1.58. The molecule has 6 aliphatic carbocycles. The Kier molecular flexibility index (Phi) is 2.02. The van der Waals surface area contributed by atoms with Gasteiger partial charge in [-0.25, -0.2) is 0 Å². The number of esters is 1. The standard InChI is InChI=1S/C24H30O3/c1-22-6-3-12(25)9-17(22)13-10-14(13)20-16(22)4-7-23(2)21(20)15-11-18(15)24(23)8-5-19(26)27-24/h9,13-16,18,20-21H,3-8,10-11H2,1-2H3/t13-,14+,15-,16+,18+,20-,21+,22-,23+,24+/m0/s1/i5D2,8D2. The van der Waals surface area contributed by atoms with Gasteiger partial charge in [0.2, 0.25) is 0 Å². The maximum atomic E-state index is 12.6. The predicted molar refractivity (Wildman–Crippen MR) is 99.5 cm³/mol. The van der Waals surface area contributed by atoms with Gasteiger partial charge in [-0.15, -0.1) is 0 Å². The van der Waals surface area contributed by atoms with E-state index in [0.29, 0.717) is 36.0 Å². The Bertz CT molecular complexity index is 989. The molecule has 0 aromatic carbocycles. The number of rotatable bonds is 0. The van der Waals surface area contributed by atoms with Crippen LogP contribution in [0.2, 0.25) is 0 Å². The summed E-state index contributed by atoms with van der Waals surface area (Å²) >= 11 is 0. The van der Waals surface area contributed by atoms with Gasteiger partial charge in [-0.2, -0.15) is 0 Å². The second kappa shape index (κ2) is 4.39. The molecule has 3 heteroatoms. The van der Waals surface area contributed by atoms with Crippen molar-refractivity contribution in [2.75, 3.05) is 0 Å². The van der Waals surface area contributed by atoms with Crippen molar-refractivity contribution in [3.8, 4) is 0 Å². The minimum atomic E-state index is -2.60. The van der Waals surface area contributed by atoms with Gasteiger partial charge >= 0.3 is 5.97 Å². The molecule has 1 heterocycles. The number of carbonyl (C=O) groups is 2. The highest BCUT2D eigenvalue weighted by Gasteiger charge is 2.81. The summed E-state index contributed by atoms with van der Waals surface area (Å²) in [6.45, 7) is 4.48. The molecule has 0 unspecified atom stereocenters. The van der Waals surface area contributed by atoms with E-state index in [4.69, 9.17) is 10.2 Å². The van der Waals surface area contributed by atoms with Gasteiger partial charge in [0.1, 0.15) is 5.60 Å². The third-order valence-electron chi connectivity index (χ3n) is 10.3. The topological polar surface area (TPSA) is 43.4 Å². The summed E-state index contributed by atoms with van der Waals surface area (Å²) in [5.41, 5.74) is -0.430. The van der Waals surface area contributed by atoms with Crippen LogP contribution in [0.1, 0.15) is 70.6 Å². The van der Waals surface area contributed by atoms with Gasteiger partial charge in [0.25, 0.3) is 0 Å². The highest BCUT2D eigenvalue weighted by molar-refractivity contribution is 5.92. The van der Waals surface area contributed by atoms with Crippen molar-refractivity contribution in [1.29, 1.82) is 0 Å². The van der Waals surface area contributed by atoms with Crippen molar-refractivity contribution in [3.05, 3.63) is 11.6 Å². The zero-order valence-electron chi connectivity index (χ0n) is 20.1. The zero-order valence-corrected chi connectivity index (χ0v) is 16.1. The van der Waals surface area contributed by atoms with Gasteiger partial charge in [0.05, 0.1) is 0 Å². The van der Waals surface area contributed by atoms with Crippen LogP contribution in [0.15, 0.2) is 11.6 Å². The van der Waals surface area contributed by atoms with E-state index in [2.05, 4.69) is 13.8 Å². The van der Waals surface area contributed by atoms with Crippen LogP contribution in [0, 0.1) is 52.3 Å². The second-order valence-corrected chi connectivity index (χ2v) is 11.0. The molecule has 0 aromatic rings. The van der Waals surface area contributed by atoms with E-state index in [1.54, 1.807) is 0 Å². The van der Waals surface area contributed by atoms with Crippen molar-refractivity contribution in [3.63, 3.8) is 0 Å². The number of carbonyl (C=O) groups excluding carboxylic acids is 2. The Hall–Kier alpha value is -1.12. The molecular weight excluding hydrogens is 336 g/mol. The molecule has 1 spiro atoms. The molecule has 10 atom stereocenters. The molecule has 7 aliphatic rings. The molecule has 5 saturated carbocycles. The molecule has 6 fully saturated rings. The van der Waals surface area contributed by atoms with Gasteiger partial charge in [-0.1, -0.05) is 19.4 Å². The molecular formula is C24H30O3. The number of ether oxygens (including phenoxy) is 1. The highest BCUT2D eigenvalue weighted by Crippen LogP contribution is 2.82. The van der Waals surface area contributed by atoms with Gasteiger partial charge in [-0.05, 0) is 85.5 Å². The molecule has 27 heavy (non-hydrogen) atoms. The SMILES string of the molecule is [2H]C1([2H])C(=O)O[C@@]2([C@@H]3C[C@@H]3[C@@H]3[C@H]4[C@@H]5C[C@@H]5C5=CC(=O)CC[C@@]5(C)[C@@H]4CC[C@]32C)C1([2H])[2H]. The summed E-state index contributed by atoms with van der Waals surface area (Å²) in [7, 11) is 0. The Morgan fingerprint density at radius 1 is 1.15 bits per heavy atom. The second-order valence-electron chi connectivity index (χ2n) is 11.0. The van der Waals surface area contributed by atoms with Gasteiger partial charge < -0.3 is 4.74 Å². The fraction of sp³-hybridized carbons (Fsp3) is 0.833. The van der Waals surface area contributed by atoms with E-state index in [1.165, 1.54) is 5.57 Å². The van der Waals surface area contributed by atoms with Crippen LogP contribution in [0.3, 0.4) is 0 Å². The average molecular weight is 371 g/mol. The summed E-state index contributed by atoms with van der Waals surface area (Å²) < 4.78 is 40.2. The van der Waals surface area contributed by atoms with E-state index >= 15 is 0 Å². The van der Waals surface area contributed by atoms with Crippen molar-refractivity contribution in [2.24, 2.45) is 52.3 Å². The molecule has 1 aliphatic heterocycles. The van der Waals surface area contributed by atoms with E-state index < -0.39 is 29.7 Å². The lowest BCUT2D eigenvalue weighted by Crippen LogP contribution is -2.57. The minimum absolute atomic E-state index is 0.0533. The molecule has 0 bridgehead atoms. The number of fused-ring (bicyclic) bond motifs is 12. The molecule has 7 rings (SSSR count). The maximum Gasteiger partial charge on any atom is 0.306 e. The summed E-state index contributed by atoms with van der Waals surface area (Å²) in [6.07, 6.45) is 2.26. The van der Waals surface area contributed by atoms with E-state index in [-0.39, 0.29) is 23.0 Å². The Balaban J connectivity index is 1.36. The minimum Gasteiger partial charge on any atom is -0.458 e. The lowest BCUT2D eigenvalue weighted by molar-refractivity contribution is -0.177. The van der Waals surface area contributed by atoms with Crippen LogP contribution < -0.4 is 0 Å². The van der Waals surface area contributed by atoms with E-state index in [1.807, 2.05) is 6.08 Å². The van der Waals surface area contributed by atoms with Crippen molar-refractivity contribution < 1.29 is 19.8 Å². The average Bonchev–Trinajstić information content (AvgIpc) is 3.59. The van der Waals surface area contributed by atoms with Crippen molar-refractivity contribution >= 4 is 11.8 Å². The molecule has 144 valence electrons. The number of allylic oxidation sites excluding steroid dienone is 1. The van der Waals surface area contributed by atoms with Crippen molar-refractivity contribution in [1.82, 2.24) is 0 Å². The Morgan fingerprint density at radius 2 is 2.00 bits per heavy atom. The Morgan fingerprint density at radius 3 is 2.78 bits per heavy atom. The normalized spacial score (nSPS) is 67.9. The number of hydrogen-bond donors (Lipinski definition) is 0. The van der Waals surface area contributed by atoms with E-state index in [9.17, 15) is 9.59 Å². The summed E-state index contributed by atoms with van der Waals surface area (Å²) in [5, 5.41) is 0. The summed E-state index contributed by atoms with van der Waals surface area (Å²) in [4.78, 5) is 24.8. The zero-order chi connectivity index (χ0) is 21.9. The molecule has 0 amide bonds. The summed E-state index contributed by atoms with van der Waals surface area (Å²) in [6, 6.07) is 0. The van der Waals surface area contributed by atoms with Crippen LogP contribution in [0.25, 0.3) is 0 Å². The van der Waals surface area contributed by atoms with Gasteiger partial charge in [0.15, 0.2) is 5.78 Å². The molecule has 3 nitrogen and oxygen atoms in total. The lowest BCUT2D eigenvalue weighted by atomic mass is 9.45. The summed E-state index contributed by atoms with van der Waals surface area (Å²) in [5.74, 6) is 1.80. The van der Waals surface area contributed by atoms with Gasteiger partial charge in [0, 0.05) is 29.6 Å². The third-order valence-corrected chi connectivity index (χ3v) is 10.3. The first-order valence-corrected chi connectivity index (χ1v) is 10.9. The maximum absolute atomic E-state index is 12.6. The Labute approximate surface area is 166 Å². The van der Waals surface area contributed by atoms with Crippen LogP contribution in [0.4, 0.5) is 0 Å². The fourth-order valence-electron chi connectivity index (χ4n) is 9.13. The van der Waals surface area contributed by atoms with Crippen LogP contribution in [-0.4, -0.2) is 17.4 Å². The fourth-order valence-corrected chi connectivity index (χ4v) is 9.13. The van der Waals surface area contributed by atoms with Crippen LogP contribution in [-0.2, 0) is 14.3 Å². The van der Waals surface area contributed by atoms with Crippen LogP contribution in [0.5, 0.6) is 0 Å². The number of ketones is 1. The predicted octanol–water partition coefficient (Wildman–Crippen LogP) is 4.31. The largest absolute Gasteiger partial charge is 0.458 e. The number of hydrogen-bond acceptors (Lipinski definition) is 3. The monoisotopic (exact) mass is 370 g/mol. The molecule has 0 radical (unpaired) electrons. The van der Waals surface area contributed by atoms with E-state index in [0.717, 1.165) is 32.1 Å².